The van der Waals surface area contributed by atoms with E-state index in [1.807, 2.05) is 24.4 Å². The summed E-state index contributed by atoms with van der Waals surface area (Å²) in [5, 5.41) is 2.66. The first-order valence-corrected chi connectivity index (χ1v) is 8.28. The van der Waals surface area contributed by atoms with Crippen molar-refractivity contribution >= 4 is 23.2 Å². The molecule has 1 amide bonds. The van der Waals surface area contributed by atoms with Gasteiger partial charge in [-0.2, -0.15) is 0 Å². The quantitative estimate of drug-likeness (QED) is 0.582. The van der Waals surface area contributed by atoms with E-state index in [0.717, 1.165) is 11.1 Å². The Hall–Kier alpha value is -3.74. The van der Waals surface area contributed by atoms with Crippen LogP contribution in [0.1, 0.15) is 6.92 Å². The molecule has 134 valence electrons. The molecule has 0 aliphatic rings. The van der Waals surface area contributed by atoms with Gasteiger partial charge in [0.1, 0.15) is 17.3 Å². The zero-order valence-electron chi connectivity index (χ0n) is 14.5. The molecule has 0 saturated carbocycles. The van der Waals surface area contributed by atoms with Crippen molar-refractivity contribution < 1.29 is 9.18 Å². The lowest BCUT2D eigenvalue weighted by Gasteiger charge is -2.09. The second-order valence-corrected chi connectivity index (χ2v) is 6.13. The van der Waals surface area contributed by atoms with Crippen LogP contribution in [0.5, 0.6) is 0 Å². The van der Waals surface area contributed by atoms with E-state index in [1.54, 1.807) is 35.0 Å². The number of hydrogen-bond acceptors (Lipinski definition) is 4. The van der Waals surface area contributed by atoms with Gasteiger partial charge in [-0.1, -0.05) is 18.2 Å². The Labute approximate surface area is 154 Å². The lowest BCUT2D eigenvalue weighted by Crippen LogP contribution is -2.05. The average Bonchev–Trinajstić information content (AvgIpc) is 3.03. The minimum absolute atomic E-state index is 0.184. The predicted molar refractivity (Wildman–Crippen MR) is 103 cm³/mol. The fourth-order valence-electron chi connectivity index (χ4n) is 2.93. The van der Waals surface area contributed by atoms with Crippen LogP contribution in [0, 0.1) is 5.82 Å². The number of pyridine rings is 2. The first kappa shape index (κ1) is 16.7. The van der Waals surface area contributed by atoms with Gasteiger partial charge < -0.3 is 15.5 Å². The number of benzene rings is 1. The van der Waals surface area contributed by atoms with Crippen LogP contribution in [0.3, 0.4) is 0 Å². The molecule has 1 aromatic carbocycles. The second-order valence-electron chi connectivity index (χ2n) is 6.13. The van der Waals surface area contributed by atoms with Crippen molar-refractivity contribution in [2.75, 3.05) is 11.1 Å². The molecule has 0 radical (unpaired) electrons. The van der Waals surface area contributed by atoms with Crippen molar-refractivity contribution in [1.29, 1.82) is 0 Å². The van der Waals surface area contributed by atoms with E-state index in [-0.39, 0.29) is 17.5 Å². The van der Waals surface area contributed by atoms with Crippen LogP contribution in [-0.4, -0.2) is 20.3 Å². The van der Waals surface area contributed by atoms with Gasteiger partial charge in [0.15, 0.2) is 5.82 Å². The monoisotopic (exact) mass is 361 g/mol. The number of carbonyl (C=O) groups is 1. The summed E-state index contributed by atoms with van der Waals surface area (Å²) in [5.74, 6) is 0.201. The predicted octanol–water partition coefficient (Wildman–Crippen LogP) is 3.74. The molecule has 0 atom stereocenters. The van der Waals surface area contributed by atoms with E-state index in [9.17, 15) is 9.18 Å². The molecule has 0 saturated heterocycles. The Morgan fingerprint density at radius 1 is 1.11 bits per heavy atom. The van der Waals surface area contributed by atoms with E-state index in [4.69, 9.17) is 5.73 Å². The van der Waals surface area contributed by atoms with Crippen molar-refractivity contribution in [2.24, 2.45) is 0 Å². The highest BCUT2D eigenvalue weighted by atomic mass is 19.1. The number of imidazole rings is 1. The molecule has 4 aromatic rings. The van der Waals surface area contributed by atoms with Gasteiger partial charge in [0.05, 0.1) is 6.20 Å². The summed E-state index contributed by atoms with van der Waals surface area (Å²) in [7, 11) is 0. The molecular formula is C20H16FN5O. The largest absolute Gasteiger partial charge is 0.383 e. The molecule has 0 unspecified atom stereocenters. The van der Waals surface area contributed by atoms with Gasteiger partial charge in [0, 0.05) is 41.6 Å². The van der Waals surface area contributed by atoms with Crippen molar-refractivity contribution in [2.45, 2.75) is 6.92 Å². The van der Waals surface area contributed by atoms with E-state index < -0.39 is 0 Å². The molecule has 3 aromatic heterocycles. The Morgan fingerprint density at radius 2 is 1.93 bits per heavy atom. The molecule has 0 aliphatic carbocycles. The molecule has 0 aliphatic heterocycles. The van der Waals surface area contributed by atoms with Crippen molar-refractivity contribution in [1.82, 2.24) is 14.4 Å². The smallest absolute Gasteiger partial charge is 0.222 e. The molecule has 0 spiro atoms. The third-order valence-corrected chi connectivity index (χ3v) is 4.17. The zero-order valence-corrected chi connectivity index (χ0v) is 14.5. The number of nitrogens with zero attached hydrogens (tertiary/aromatic N) is 3. The molecule has 0 bridgehead atoms. The maximum absolute atomic E-state index is 14.2. The Bertz CT molecular complexity index is 1170. The number of anilines is 2. The Morgan fingerprint density at radius 3 is 2.70 bits per heavy atom. The number of halogens is 1. The SMILES string of the molecule is CC(=O)Nc1cn2cc(-c3cnc(N)c(-c4ccccc4F)c3)ccc2n1. The summed E-state index contributed by atoms with van der Waals surface area (Å²) in [6.07, 6.45) is 5.24. The fourth-order valence-corrected chi connectivity index (χ4v) is 2.93. The first-order chi connectivity index (χ1) is 13.0. The summed E-state index contributed by atoms with van der Waals surface area (Å²) in [6, 6.07) is 12.0. The number of amides is 1. The van der Waals surface area contributed by atoms with Crippen molar-refractivity contribution in [3.8, 4) is 22.3 Å². The number of nitrogens with one attached hydrogen (secondary N) is 1. The van der Waals surface area contributed by atoms with E-state index in [1.165, 1.54) is 13.0 Å². The van der Waals surface area contributed by atoms with E-state index >= 15 is 0 Å². The summed E-state index contributed by atoms with van der Waals surface area (Å²) in [4.78, 5) is 19.8. The standard InChI is InChI=1S/C20H16FN5O/c1-12(27)24-18-11-26-10-13(6-7-19(26)25-18)14-8-16(20(22)23-9-14)15-4-2-3-5-17(15)21/h2-11H,1H3,(H2,22,23)(H,24,27). The van der Waals surface area contributed by atoms with Gasteiger partial charge in [-0.25, -0.2) is 14.4 Å². The number of carbonyl (C=O) groups excluding carboxylic acids is 1. The molecule has 0 fully saturated rings. The lowest BCUT2D eigenvalue weighted by molar-refractivity contribution is -0.114. The maximum Gasteiger partial charge on any atom is 0.222 e. The van der Waals surface area contributed by atoms with Crippen LogP contribution in [0.4, 0.5) is 16.0 Å². The topological polar surface area (TPSA) is 85.3 Å². The van der Waals surface area contributed by atoms with Gasteiger partial charge in [-0.3, -0.25) is 4.79 Å². The van der Waals surface area contributed by atoms with Crippen LogP contribution in [0.15, 0.2) is 61.1 Å². The van der Waals surface area contributed by atoms with Crippen LogP contribution < -0.4 is 11.1 Å². The molecule has 3 heterocycles. The molecule has 7 heteroatoms. The zero-order chi connectivity index (χ0) is 19.0. The Balaban J connectivity index is 1.78. The molecule has 3 N–H and O–H groups in total. The summed E-state index contributed by atoms with van der Waals surface area (Å²) >= 11 is 0. The number of hydrogen-bond donors (Lipinski definition) is 2. The van der Waals surface area contributed by atoms with Crippen molar-refractivity contribution in [3.05, 3.63) is 66.9 Å². The number of fused-ring (bicyclic) bond motifs is 1. The third kappa shape index (κ3) is 3.22. The van der Waals surface area contributed by atoms with Crippen LogP contribution >= 0.6 is 0 Å². The maximum atomic E-state index is 14.2. The fraction of sp³-hybridized carbons (Fsp3) is 0.0500. The van der Waals surface area contributed by atoms with Gasteiger partial charge >= 0.3 is 0 Å². The molecule has 6 nitrogen and oxygen atoms in total. The highest BCUT2D eigenvalue weighted by Crippen LogP contribution is 2.31. The molecular weight excluding hydrogens is 345 g/mol. The van der Waals surface area contributed by atoms with Gasteiger partial charge in [0.2, 0.25) is 5.91 Å². The van der Waals surface area contributed by atoms with Crippen molar-refractivity contribution in [3.63, 3.8) is 0 Å². The first-order valence-electron chi connectivity index (χ1n) is 8.28. The highest BCUT2D eigenvalue weighted by molar-refractivity contribution is 5.88. The average molecular weight is 361 g/mol. The molecule has 27 heavy (non-hydrogen) atoms. The lowest BCUT2D eigenvalue weighted by atomic mass is 10.0. The number of aromatic nitrogens is 3. The number of nitrogen functional groups attached to an aromatic ring is 1. The number of nitrogens with two attached hydrogens (primary N) is 1. The van der Waals surface area contributed by atoms with Gasteiger partial charge in [-0.15, -0.1) is 0 Å². The minimum Gasteiger partial charge on any atom is -0.383 e. The molecule has 4 rings (SSSR count). The number of rotatable bonds is 3. The van der Waals surface area contributed by atoms with Gasteiger partial charge in [0.25, 0.3) is 0 Å². The Kier molecular flexibility index (Phi) is 4.04. The van der Waals surface area contributed by atoms with E-state index in [0.29, 0.717) is 22.6 Å². The van der Waals surface area contributed by atoms with Crippen LogP contribution in [0.25, 0.3) is 27.9 Å². The normalized spacial score (nSPS) is 10.9. The second kappa shape index (κ2) is 6.53. The van der Waals surface area contributed by atoms with Crippen LogP contribution in [0.2, 0.25) is 0 Å². The third-order valence-electron chi connectivity index (χ3n) is 4.17. The highest BCUT2D eigenvalue weighted by Gasteiger charge is 2.12. The summed E-state index contributed by atoms with van der Waals surface area (Å²) in [6.45, 7) is 1.43. The van der Waals surface area contributed by atoms with Crippen LogP contribution in [-0.2, 0) is 4.79 Å². The van der Waals surface area contributed by atoms with Gasteiger partial charge in [-0.05, 0) is 24.3 Å². The minimum atomic E-state index is -0.354. The van der Waals surface area contributed by atoms with E-state index in [2.05, 4.69) is 15.3 Å². The summed E-state index contributed by atoms with van der Waals surface area (Å²) in [5.41, 5.74) is 9.26. The summed E-state index contributed by atoms with van der Waals surface area (Å²) < 4.78 is 16.0.